The summed E-state index contributed by atoms with van der Waals surface area (Å²) in [7, 11) is 0. The van der Waals surface area contributed by atoms with E-state index in [1.54, 1.807) is 12.1 Å². The Hall–Kier alpha value is -1.77. The molecule has 0 saturated heterocycles. The van der Waals surface area contributed by atoms with E-state index in [2.05, 4.69) is 4.98 Å². The molecule has 3 aromatic rings. The molecule has 0 amide bonds. The first-order valence-electron chi connectivity index (χ1n) is 6.14. The van der Waals surface area contributed by atoms with Gasteiger partial charge in [-0.25, -0.2) is 0 Å². The van der Waals surface area contributed by atoms with Crippen molar-refractivity contribution >= 4 is 34.1 Å². The van der Waals surface area contributed by atoms with Gasteiger partial charge < -0.3 is 4.98 Å². The number of H-pyrrole nitrogens is 1. The van der Waals surface area contributed by atoms with Crippen molar-refractivity contribution in [3.63, 3.8) is 0 Å². The molecule has 0 aliphatic heterocycles. The zero-order chi connectivity index (χ0) is 14.3. The summed E-state index contributed by atoms with van der Waals surface area (Å²) in [6.45, 7) is 1.92. The minimum absolute atomic E-state index is 0.0905. The van der Waals surface area contributed by atoms with Crippen molar-refractivity contribution in [3.05, 3.63) is 68.4 Å². The molecular weight excluding hydrogens is 293 g/mol. The third-order valence-corrected chi connectivity index (χ3v) is 3.84. The molecule has 0 aliphatic rings. The van der Waals surface area contributed by atoms with E-state index < -0.39 is 0 Å². The van der Waals surface area contributed by atoms with Crippen molar-refractivity contribution in [2.45, 2.75) is 6.92 Å². The lowest BCUT2D eigenvalue weighted by Crippen LogP contribution is -2.04. The highest BCUT2D eigenvalue weighted by atomic mass is 35.5. The van der Waals surface area contributed by atoms with Gasteiger partial charge in [-0.15, -0.1) is 0 Å². The minimum Gasteiger partial charge on any atom is -0.322 e. The Morgan fingerprint density at radius 3 is 2.55 bits per heavy atom. The number of benzene rings is 2. The average molecular weight is 304 g/mol. The topological polar surface area (TPSA) is 32.9 Å². The van der Waals surface area contributed by atoms with E-state index in [1.165, 1.54) is 0 Å². The molecule has 0 unspecified atom stereocenters. The van der Waals surface area contributed by atoms with Crippen molar-refractivity contribution in [2.75, 3.05) is 0 Å². The molecule has 2 nitrogen and oxygen atoms in total. The molecule has 1 aromatic heterocycles. The summed E-state index contributed by atoms with van der Waals surface area (Å²) in [5, 5.41) is 2.23. The van der Waals surface area contributed by atoms with Gasteiger partial charge in [0.05, 0.1) is 0 Å². The fraction of sp³-hybridized carbons (Fsp3) is 0.0625. The lowest BCUT2D eigenvalue weighted by atomic mass is 10.0. The van der Waals surface area contributed by atoms with Crippen molar-refractivity contribution in [1.29, 1.82) is 0 Å². The van der Waals surface area contributed by atoms with E-state index in [9.17, 15) is 4.79 Å². The van der Waals surface area contributed by atoms with Crippen LogP contribution >= 0.6 is 23.2 Å². The highest BCUT2D eigenvalue weighted by Crippen LogP contribution is 2.32. The van der Waals surface area contributed by atoms with Crippen LogP contribution in [0.1, 0.15) is 5.56 Å². The zero-order valence-corrected chi connectivity index (χ0v) is 12.2. The Morgan fingerprint density at radius 1 is 1.00 bits per heavy atom. The quantitative estimate of drug-likeness (QED) is 0.687. The molecule has 0 fully saturated rings. The number of aromatic amines is 1. The van der Waals surface area contributed by atoms with Crippen LogP contribution in [0.15, 0.2) is 47.3 Å². The van der Waals surface area contributed by atoms with Crippen LogP contribution in [0.25, 0.3) is 22.0 Å². The van der Waals surface area contributed by atoms with Gasteiger partial charge in [-0.3, -0.25) is 4.79 Å². The standard InChI is InChI=1S/C16H11Cl2NO/c1-9-6-16(20)19-15-5-2-10(7-13(9)15)12-4-3-11(17)8-14(12)18/h2-8H,1H3,(H,19,20). The molecule has 0 saturated carbocycles. The molecule has 0 radical (unpaired) electrons. The van der Waals surface area contributed by atoms with Crippen LogP contribution in [0.4, 0.5) is 0 Å². The molecule has 0 bridgehead atoms. The van der Waals surface area contributed by atoms with Crippen molar-refractivity contribution in [3.8, 4) is 11.1 Å². The highest BCUT2D eigenvalue weighted by Gasteiger charge is 2.07. The van der Waals surface area contributed by atoms with Gasteiger partial charge in [0, 0.05) is 32.6 Å². The van der Waals surface area contributed by atoms with Gasteiger partial charge in [-0.05, 0) is 42.3 Å². The van der Waals surface area contributed by atoms with E-state index >= 15 is 0 Å². The average Bonchev–Trinajstić information content (AvgIpc) is 2.38. The van der Waals surface area contributed by atoms with Crippen LogP contribution in [-0.4, -0.2) is 4.98 Å². The summed E-state index contributed by atoms with van der Waals surface area (Å²) < 4.78 is 0. The molecule has 0 spiro atoms. The Labute approximate surface area is 126 Å². The number of aryl methyl sites for hydroxylation is 1. The minimum atomic E-state index is -0.0905. The summed E-state index contributed by atoms with van der Waals surface area (Å²) in [4.78, 5) is 14.3. The fourth-order valence-electron chi connectivity index (χ4n) is 2.31. The smallest absolute Gasteiger partial charge is 0.248 e. The van der Waals surface area contributed by atoms with E-state index in [1.807, 2.05) is 37.3 Å². The third kappa shape index (κ3) is 2.33. The summed E-state index contributed by atoms with van der Waals surface area (Å²) in [5.74, 6) is 0. The van der Waals surface area contributed by atoms with Crippen LogP contribution in [0.3, 0.4) is 0 Å². The number of rotatable bonds is 1. The van der Waals surface area contributed by atoms with E-state index in [0.29, 0.717) is 10.0 Å². The fourth-order valence-corrected chi connectivity index (χ4v) is 2.83. The largest absolute Gasteiger partial charge is 0.322 e. The van der Waals surface area contributed by atoms with Gasteiger partial charge in [-0.1, -0.05) is 35.3 Å². The van der Waals surface area contributed by atoms with Crippen LogP contribution in [0, 0.1) is 6.92 Å². The van der Waals surface area contributed by atoms with Gasteiger partial charge >= 0.3 is 0 Å². The van der Waals surface area contributed by atoms with Gasteiger partial charge in [0.25, 0.3) is 0 Å². The number of aromatic nitrogens is 1. The molecule has 1 N–H and O–H groups in total. The predicted molar refractivity (Wildman–Crippen MR) is 84.8 cm³/mol. The monoisotopic (exact) mass is 303 g/mol. The normalized spacial score (nSPS) is 10.9. The molecule has 100 valence electrons. The summed E-state index contributed by atoms with van der Waals surface area (Å²) in [6, 6.07) is 12.9. The van der Waals surface area contributed by atoms with Gasteiger partial charge in [-0.2, -0.15) is 0 Å². The molecule has 3 rings (SSSR count). The van der Waals surface area contributed by atoms with Crippen molar-refractivity contribution < 1.29 is 0 Å². The number of halogens is 2. The lowest BCUT2D eigenvalue weighted by Gasteiger charge is -2.08. The second-order valence-electron chi connectivity index (χ2n) is 4.70. The van der Waals surface area contributed by atoms with Crippen molar-refractivity contribution in [2.24, 2.45) is 0 Å². The molecule has 0 aliphatic carbocycles. The van der Waals surface area contributed by atoms with Crippen LogP contribution in [0.2, 0.25) is 10.0 Å². The number of hydrogen-bond acceptors (Lipinski definition) is 1. The Kier molecular flexibility index (Phi) is 3.28. The van der Waals surface area contributed by atoms with Gasteiger partial charge in [0.15, 0.2) is 0 Å². The number of nitrogens with one attached hydrogen (secondary N) is 1. The summed E-state index contributed by atoms with van der Waals surface area (Å²) in [5.41, 5.74) is 3.59. The van der Waals surface area contributed by atoms with Crippen LogP contribution in [-0.2, 0) is 0 Å². The predicted octanol–water partition coefficient (Wildman–Crippen LogP) is 4.81. The first kappa shape index (κ1) is 13.2. The molecule has 20 heavy (non-hydrogen) atoms. The van der Waals surface area contributed by atoms with Crippen LogP contribution < -0.4 is 5.56 Å². The second-order valence-corrected chi connectivity index (χ2v) is 5.54. The maximum absolute atomic E-state index is 11.5. The molecule has 1 heterocycles. The van der Waals surface area contributed by atoms with Crippen LogP contribution in [0.5, 0.6) is 0 Å². The SMILES string of the molecule is Cc1cc(=O)[nH]c2ccc(-c3ccc(Cl)cc3Cl)cc12. The maximum atomic E-state index is 11.5. The molecule has 2 aromatic carbocycles. The van der Waals surface area contributed by atoms with Gasteiger partial charge in [0.1, 0.15) is 0 Å². The zero-order valence-electron chi connectivity index (χ0n) is 10.7. The molecule has 4 heteroatoms. The van der Waals surface area contributed by atoms with E-state index in [-0.39, 0.29) is 5.56 Å². The number of fused-ring (bicyclic) bond motifs is 1. The maximum Gasteiger partial charge on any atom is 0.248 e. The molecule has 0 atom stereocenters. The third-order valence-electron chi connectivity index (χ3n) is 3.29. The Morgan fingerprint density at radius 2 is 1.80 bits per heavy atom. The Bertz CT molecular complexity index is 868. The summed E-state index contributed by atoms with van der Waals surface area (Å²) in [6.07, 6.45) is 0. The van der Waals surface area contributed by atoms with Crippen molar-refractivity contribution in [1.82, 2.24) is 4.98 Å². The Balaban J connectivity index is 2.25. The number of pyridine rings is 1. The second kappa shape index (κ2) is 4.97. The first-order valence-corrected chi connectivity index (χ1v) is 6.89. The lowest BCUT2D eigenvalue weighted by molar-refractivity contribution is 1.28. The highest BCUT2D eigenvalue weighted by molar-refractivity contribution is 6.36. The van der Waals surface area contributed by atoms with Gasteiger partial charge in [0.2, 0.25) is 5.56 Å². The first-order chi connectivity index (χ1) is 9.54. The summed E-state index contributed by atoms with van der Waals surface area (Å²) >= 11 is 12.2. The van der Waals surface area contributed by atoms with E-state index in [0.717, 1.165) is 27.6 Å². The van der Waals surface area contributed by atoms with E-state index in [4.69, 9.17) is 23.2 Å². The molecular formula is C16H11Cl2NO. The number of hydrogen-bond donors (Lipinski definition) is 1.